The second kappa shape index (κ2) is 9.76. The first-order valence-electron chi connectivity index (χ1n) is 9.75. The molecule has 0 saturated heterocycles. The molecule has 1 unspecified atom stereocenters. The van der Waals surface area contributed by atoms with Crippen molar-refractivity contribution in [2.45, 2.75) is 18.8 Å². The number of urea groups is 1. The number of hydrogen-bond donors (Lipinski definition) is 1. The molecule has 12 heteroatoms. The van der Waals surface area contributed by atoms with Crippen LogP contribution in [0.15, 0.2) is 47.7 Å². The molecule has 1 atom stereocenters. The van der Waals surface area contributed by atoms with Gasteiger partial charge in [-0.2, -0.15) is 18.3 Å². The summed E-state index contributed by atoms with van der Waals surface area (Å²) in [5, 5.41) is 8.12. The van der Waals surface area contributed by atoms with E-state index in [1.807, 2.05) is 0 Å². The molecule has 176 valence electrons. The lowest BCUT2D eigenvalue weighted by molar-refractivity contribution is -0.141. The number of carbonyl (C=O) groups excluding carboxylic acids is 2. The van der Waals surface area contributed by atoms with Crippen molar-refractivity contribution in [3.63, 3.8) is 0 Å². The fraction of sp³-hybridized carbons (Fsp3) is 0.333. The van der Waals surface area contributed by atoms with Gasteiger partial charge in [-0.3, -0.25) is 4.98 Å². The first-order valence-corrected chi connectivity index (χ1v) is 9.75. The molecule has 9 nitrogen and oxygen atoms in total. The van der Waals surface area contributed by atoms with Crippen LogP contribution in [0, 0.1) is 0 Å². The van der Waals surface area contributed by atoms with E-state index in [4.69, 9.17) is 9.47 Å². The Bertz CT molecular complexity index is 1030. The Hall–Kier alpha value is -3.83. The summed E-state index contributed by atoms with van der Waals surface area (Å²) < 4.78 is 47.9. The van der Waals surface area contributed by atoms with E-state index in [1.54, 1.807) is 24.3 Å². The molecular weight excluding hydrogens is 443 g/mol. The molecule has 2 heterocycles. The number of ether oxygens (including phenoxy) is 2. The van der Waals surface area contributed by atoms with Crippen LogP contribution in [-0.2, 0) is 17.5 Å². The van der Waals surface area contributed by atoms with Crippen molar-refractivity contribution in [1.29, 1.82) is 0 Å². The monoisotopic (exact) mass is 465 g/mol. The number of amides is 3. The number of benzene rings is 1. The standard InChI is InChI=1S/C21H22F3N5O4/c1-28(20(31)33-3)16-12-29(27-18(16)14-5-7-15(32-2)8-6-14)19(30)26-11-13-4-9-17(25-10-13)21(22,23)24/h4-10,16H,11-12H2,1-3H3,(H,26,30). The van der Waals surface area contributed by atoms with Crippen molar-refractivity contribution < 1.29 is 32.2 Å². The first kappa shape index (κ1) is 23.8. The van der Waals surface area contributed by atoms with Gasteiger partial charge in [0, 0.05) is 25.4 Å². The van der Waals surface area contributed by atoms with Crippen molar-refractivity contribution >= 4 is 17.8 Å². The second-order valence-corrected chi connectivity index (χ2v) is 7.10. The summed E-state index contributed by atoms with van der Waals surface area (Å²) in [7, 11) is 4.32. The van der Waals surface area contributed by atoms with Crippen molar-refractivity contribution in [3.05, 3.63) is 59.4 Å². The summed E-state index contributed by atoms with van der Waals surface area (Å²) in [6.07, 6.45) is -4.09. The van der Waals surface area contributed by atoms with Gasteiger partial charge in [0.15, 0.2) is 0 Å². The Labute approximate surface area is 187 Å². The van der Waals surface area contributed by atoms with Crippen LogP contribution in [0.5, 0.6) is 5.75 Å². The maximum absolute atomic E-state index is 12.7. The van der Waals surface area contributed by atoms with Crippen LogP contribution >= 0.6 is 0 Å². The number of hydrogen-bond acceptors (Lipinski definition) is 6. The van der Waals surface area contributed by atoms with E-state index < -0.39 is 30.0 Å². The predicted octanol–water partition coefficient (Wildman–Crippen LogP) is 3.11. The molecule has 0 fully saturated rings. The zero-order chi connectivity index (χ0) is 24.2. The van der Waals surface area contributed by atoms with Gasteiger partial charge in [-0.25, -0.2) is 14.6 Å². The summed E-state index contributed by atoms with van der Waals surface area (Å²) >= 11 is 0. The van der Waals surface area contributed by atoms with Crippen LogP contribution in [0.1, 0.15) is 16.8 Å². The van der Waals surface area contributed by atoms with Crippen LogP contribution < -0.4 is 10.1 Å². The number of hydrazone groups is 1. The van der Waals surface area contributed by atoms with E-state index in [1.165, 1.54) is 32.2 Å². The fourth-order valence-corrected chi connectivity index (χ4v) is 3.17. The van der Waals surface area contributed by atoms with Gasteiger partial charge in [-0.15, -0.1) is 0 Å². The lowest BCUT2D eigenvalue weighted by atomic mass is 10.0. The third-order valence-corrected chi connectivity index (χ3v) is 5.00. The molecule has 0 spiro atoms. The number of pyridine rings is 1. The molecule has 33 heavy (non-hydrogen) atoms. The topological polar surface area (TPSA) is 96.4 Å². The van der Waals surface area contributed by atoms with Gasteiger partial charge in [-0.05, 0) is 35.9 Å². The average molecular weight is 465 g/mol. The van der Waals surface area contributed by atoms with Gasteiger partial charge in [-0.1, -0.05) is 6.07 Å². The zero-order valence-corrected chi connectivity index (χ0v) is 18.1. The number of rotatable bonds is 5. The normalized spacial score (nSPS) is 15.6. The van der Waals surface area contributed by atoms with Crippen LogP contribution in [0.2, 0.25) is 0 Å². The maximum Gasteiger partial charge on any atom is 0.433 e. The largest absolute Gasteiger partial charge is 0.497 e. The Balaban J connectivity index is 1.75. The van der Waals surface area contributed by atoms with Gasteiger partial charge in [0.25, 0.3) is 0 Å². The minimum absolute atomic E-state index is 0.0502. The highest BCUT2D eigenvalue weighted by Gasteiger charge is 2.36. The third kappa shape index (κ3) is 5.51. The molecular formula is C21H22F3N5O4. The predicted molar refractivity (Wildman–Crippen MR) is 112 cm³/mol. The number of nitrogens with one attached hydrogen (secondary N) is 1. The first-order chi connectivity index (χ1) is 15.6. The fourth-order valence-electron chi connectivity index (χ4n) is 3.17. The SMILES string of the molecule is COC(=O)N(C)C1CN(C(=O)NCc2ccc(C(F)(F)F)nc2)N=C1c1ccc(OC)cc1. The summed E-state index contributed by atoms with van der Waals surface area (Å²) in [6, 6.07) is 7.89. The van der Waals surface area contributed by atoms with Crippen LogP contribution in [-0.4, -0.2) is 66.6 Å². The quantitative estimate of drug-likeness (QED) is 0.732. The van der Waals surface area contributed by atoms with E-state index in [9.17, 15) is 22.8 Å². The zero-order valence-electron chi connectivity index (χ0n) is 18.1. The molecule has 1 aromatic carbocycles. The number of halogens is 3. The maximum atomic E-state index is 12.7. The Kier molecular flexibility index (Phi) is 7.04. The van der Waals surface area contributed by atoms with Gasteiger partial charge in [0.05, 0.1) is 32.5 Å². The number of likely N-dealkylation sites (N-methyl/N-ethyl adjacent to an activating group) is 1. The molecule has 0 bridgehead atoms. The number of carbonyl (C=O) groups is 2. The molecule has 2 aromatic rings. The second-order valence-electron chi connectivity index (χ2n) is 7.10. The summed E-state index contributed by atoms with van der Waals surface area (Å²) in [5.41, 5.74) is 0.522. The minimum Gasteiger partial charge on any atom is -0.497 e. The molecule has 0 radical (unpaired) electrons. The lowest BCUT2D eigenvalue weighted by Gasteiger charge is -2.24. The number of alkyl halides is 3. The Morgan fingerprint density at radius 3 is 2.42 bits per heavy atom. The Morgan fingerprint density at radius 2 is 1.88 bits per heavy atom. The van der Waals surface area contributed by atoms with Crippen molar-refractivity contribution in [3.8, 4) is 5.75 Å². The van der Waals surface area contributed by atoms with E-state index in [0.717, 1.165) is 17.3 Å². The molecule has 0 saturated carbocycles. The average Bonchev–Trinajstić information content (AvgIpc) is 3.26. The highest BCUT2D eigenvalue weighted by atomic mass is 19.4. The highest BCUT2D eigenvalue weighted by Crippen LogP contribution is 2.27. The molecule has 3 amide bonds. The van der Waals surface area contributed by atoms with Crippen molar-refractivity contribution in [2.24, 2.45) is 5.10 Å². The number of nitrogens with zero attached hydrogens (tertiary/aromatic N) is 4. The molecule has 1 aliphatic rings. The number of aromatic nitrogens is 1. The van der Waals surface area contributed by atoms with Crippen LogP contribution in [0.4, 0.5) is 22.8 Å². The van der Waals surface area contributed by atoms with E-state index in [0.29, 0.717) is 22.6 Å². The third-order valence-electron chi connectivity index (χ3n) is 5.00. The molecule has 3 rings (SSSR count). The van der Waals surface area contributed by atoms with Gasteiger partial charge in [0.1, 0.15) is 11.4 Å². The van der Waals surface area contributed by atoms with E-state index >= 15 is 0 Å². The number of methoxy groups -OCH3 is 2. The van der Waals surface area contributed by atoms with Crippen LogP contribution in [0.25, 0.3) is 0 Å². The van der Waals surface area contributed by atoms with Gasteiger partial charge >= 0.3 is 18.3 Å². The van der Waals surface area contributed by atoms with Gasteiger partial charge < -0.3 is 19.7 Å². The smallest absolute Gasteiger partial charge is 0.433 e. The van der Waals surface area contributed by atoms with Gasteiger partial charge in [0.2, 0.25) is 0 Å². The molecule has 1 aromatic heterocycles. The van der Waals surface area contributed by atoms with E-state index in [-0.39, 0.29) is 13.1 Å². The highest BCUT2D eigenvalue weighted by molar-refractivity contribution is 6.07. The van der Waals surface area contributed by atoms with Crippen molar-refractivity contribution in [1.82, 2.24) is 20.2 Å². The molecule has 1 aliphatic heterocycles. The summed E-state index contributed by atoms with van der Waals surface area (Å²) in [4.78, 5) is 29.5. The Morgan fingerprint density at radius 1 is 1.18 bits per heavy atom. The van der Waals surface area contributed by atoms with E-state index in [2.05, 4.69) is 15.4 Å². The van der Waals surface area contributed by atoms with Crippen LogP contribution in [0.3, 0.4) is 0 Å². The summed E-state index contributed by atoms with van der Waals surface area (Å²) in [6.45, 7) is 0.00935. The molecule has 1 N–H and O–H groups in total. The molecule has 0 aliphatic carbocycles. The minimum atomic E-state index is -4.54. The summed E-state index contributed by atoms with van der Waals surface area (Å²) in [5.74, 6) is 0.634. The lowest BCUT2D eigenvalue weighted by Crippen LogP contribution is -2.46. The van der Waals surface area contributed by atoms with Crippen molar-refractivity contribution in [2.75, 3.05) is 27.8 Å².